The molecule has 1 aromatic heterocycles. The molecule has 0 radical (unpaired) electrons. The molecule has 0 aliphatic carbocycles. The molecule has 33 heavy (non-hydrogen) atoms. The van der Waals surface area contributed by atoms with Crippen molar-refractivity contribution in [2.75, 3.05) is 13.1 Å². The summed E-state index contributed by atoms with van der Waals surface area (Å²) in [4.78, 5) is 26.2. The molecule has 0 saturated heterocycles. The van der Waals surface area contributed by atoms with E-state index in [1.807, 2.05) is 39.0 Å². The maximum atomic E-state index is 13.5. The van der Waals surface area contributed by atoms with Crippen LogP contribution in [0.4, 0.5) is 4.39 Å². The number of nitrogens with zero attached hydrogens (tertiary/aromatic N) is 2. The van der Waals surface area contributed by atoms with Gasteiger partial charge in [0.15, 0.2) is 11.4 Å². The highest BCUT2D eigenvalue weighted by molar-refractivity contribution is 6.30. The molecule has 0 aliphatic heterocycles. The Hall–Kier alpha value is -3.19. The zero-order valence-electron chi connectivity index (χ0n) is 19.0. The summed E-state index contributed by atoms with van der Waals surface area (Å²) in [5.41, 5.74) is 0.884. The molecule has 0 fully saturated rings. The Balaban J connectivity index is 0.00000187. The van der Waals surface area contributed by atoms with Crippen molar-refractivity contribution < 1.29 is 14.3 Å². The van der Waals surface area contributed by atoms with E-state index in [1.54, 1.807) is 23.1 Å². The second-order valence-electron chi connectivity index (χ2n) is 7.20. The number of hydrogen-bond acceptors (Lipinski definition) is 4. The van der Waals surface area contributed by atoms with E-state index in [0.29, 0.717) is 31.0 Å². The second kappa shape index (κ2) is 12.7. The van der Waals surface area contributed by atoms with E-state index in [9.17, 15) is 19.1 Å². The summed E-state index contributed by atoms with van der Waals surface area (Å²) in [6.45, 7) is 6.71. The van der Waals surface area contributed by atoms with E-state index in [2.05, 4.69) is 10.2 Å². The lowest BCUT2D eigenvalue weighted by molar-refractivity contribution is 0.0741. The number of aromatic nitrogens is 2. The fourth-order valence-corrected chi connectivity index (χ4v) is 3.71. The van der Waals surface area contributed by atoms with Crippen molar-refractivity contribution in [2.45, 2.75) is 39.5 Å². The van der Waals surface area contributed by atoms with Gasteiger partial charge in [-0.15, -0.1) is 0 Å². The van der Waals surface area contributed by atoms with Crippen molar-refractivity contribution in [3.05, 3.63) is 92.6 Å². The van der Waals surface area contributed by atoms with Crippen LogP contribution < -0.4 is 5.43 Å². The predicted octanol–water partition coefficient (Wildman–Crippen LogP) is 5.37. The van der Waals surface area contributed by atoms with Crippen LogP contribution >= 0.6 is 11.6 Å². The van der Waals surface area contributed by atoms with Gasteiger partial charge in [-0.25, -0.2) is 4.39 Å². The van der Waals surface area contributed by atoms with Gasteiger partial charge in [0.05, 0.1) is 6.20 Å². The van der Waals surface area contributed by atoms with E-state index in [4.69, 9.17) is 11.6 Å². The van der Waals surface area contributed by atoms with E-state index < -0.39 is 17.1 Å². The Kier molecular flexibility index (Phi) is 10.1. The number of rotatable bonds is 8. The molecule has 3 aromatic rings. The number of carbonyl (C=O) groups excluding carboxylic acids is 1. The number of amides is 1. The summed E-state index contributed by atoms with van der Waals surface area (Å²) in [6.07, 6.45) is 2.14. The van der Waals surface area contributed by atoms with Crippen molar-refractivity contribution in [1.82, 2.24) is 15.1 Å². The lowest BCUT2D eigenvalue weighted by Crippen LogP contribution is -2.35. The van der Waals surface area contributed by atoms with Crippen LogP contribution in [0.5, 0.6) is 5.75 Å². The molecular weight excluding hydrogens is 445 g/mol. The predicted molar refractivity (Wildman–Crippen MR) is 128 cm³/mol. The van der Waals surface area contributed by atoms with E-state index in [0.717, 1.165) is 17.3 Å². The van der Waals surface area contributed by atoms with E-state index >= 15 is 0 Å². The molecule has 0 aliphatic rings. The topological polar surface area (TPSA) is 86.3 Å². The van der Waals surface area contributed by atoms with Crippen molar-refractivity contribution in [3.63, 3.8) is 0 Å². The van der Waals surface area contributed by atoms with Gasteiger partial charge in [-0.3, -0.25) is 14.7 Å². The van der Waals surface area contributed by atoms with Crippen LogP contribution in [0, 0.1) is 5.82 Å². The minimum Gasteiger partial charge on any atom is -0.502 e. The number of H-pyrrole nitrogens is 1. The number of benzene rings is 2. The third-order valence-corrected chi connectivity index (χ3v) is 5.27. The van der Waals surface area contributed by atoms with Crippen molar-refractivity contribution in [1.29, 1.82) is 0 Å². The van der Waals surface area contributed by atoms with Crippen LogP contribution in [0.15, 0.2) is 59.5 Å². The fourth-order valence-electron chi connectivity index (χ4n) is 3.51. The number of aromatic hydroxyl groups is 1. The molecule has 0 spiro atoms. The third-order valence-electron chi connectivity index (χ3n) is 5.03. The zero-order chi connectivity index (χ0) is 24.4. The molecule has 1 amide bonds. The van der Waals surface area contributed by atoms with Crippen LogP contribution in [-0.4, -0.2) is 39.2 Å². The monoisotopic (exact) mass is 473 g/mol. The Bertz CT molecular complexity index is 1100. The molecule has 6 nitrogen and oxygen atoms in total. The van der Waals surface area contributed by atoms with Gasteiger partial charge in [0.2, 0.25) is 5.43 Å². The fraction of sp³-hybridized carbons (Fsp3) is 0.320. The molecule has 3 rings (SSSR count). The van der Waals surface area contributed by atoms with Gasteiger partial charge in [0, 0.05) is 24.0 Å². The summed E-state index contributed by atoms with van der Waals surface area (Å²) in [5.74, 6) is -1.61. The summed E-state index contributed by atoms with van der Waals surface area (Å²) in [7, 11) is 0. The number of halogens is 2. The van der Waals surface area contributed by atoms with Gasteiger partial charge in [-0.05, 0) is 48.2 Å². The lowest BCUT2D eigenvalue weighted by atomic mass is 9.88. The van der Waals surface area contributed by atoms with Crippen LogP contribution in [0.25, 0.3) is 0 Å². The number of nitrogens with one attached hydrogen (secondary N) is 1. The van der Waals surface area contributed by atoms with Crippen LogP contribution in [-0.2, 0) is 0 Å². The molecule has 8 heteroatoms. The Morgan fingerprint density at radius 1 is 1.15 bits per heavy atom. The lowest BCUT2D eigenvalue weighted by Gasteiger charge is -2.26. The van der Waals surface area contributed by atoms with Crippen molar-refractivity contribution in [3.8, 4) is 5.75 Å². The average Bonchev–Trinajstić information content (AvgIpc) is 2.82. The first kappa shape index (κ1) is 26.1. The molecule has 1 atom stereocenters. The highest BCUT2D eigenvalue weighted by Gasteiger charge is 2.23. The number of hydrogen-bond donors (Lipinski definition) is 2. The highest BCUT2D eigenvalue weighted by Crippen LogP contribution is 2.30. The van der Waals surface area contributed by atoms with Gasteiger partial charge >= 0.3 is 0 Å². The maximum Gasteiger partial charge on any atom is 0.275 e. The summed E-state index contributed by atoms with van der Waals surface area (Å²) in [5, 5.41) is 16.6. The molecule has 2 aromatic carbocycles. The SMILES string of the molecule is CC.CCCN(CCC(c1ccc(F)cc1)c1cccc(Cl)c1)C(=O)c1[nH]ncc(=O)c1O. The second-order valence-corrected chi connectivity index (χ2v) is 7.63. The zero-order valence-corrected chi connectivity index (χ0v) is 19.8. The Morgan fingerprint density at radius 3 is 2.48 bits per heavy atom. The van der Waals surface area contributed by atoms with Crippen LogP contribution in [0.1, 0.15) is 61.1 Å². The van der Waals surface area contributed by atoms with Gasteiger partial charge in [0.25, 0.3) is 5.91 Å². The van der Waals surface area contributed by atoms with Gasteiger partial charge in [0.1, 0.15) is 5.82 Å². The minimum atomic E-state index is -0.721. The Morgan fingerprint density at radius 2 is 1.85 bits per heavy atom. The van der Waals surface area contributed by atoms with Crippen molar-refractivity contribution in [2.24, 2.45) is 0 Å². The average molecular weight is 474 g/mol. The van der Waals surface area contributed by atoms with Gasteiger partial charge < -0.3 is 10.0 Å². The molecule has 2 N–H and O–H groups in total. The first-order valence-corrected chi connectivity index (χ1v) is 11.3. The van der Waals surface area contributed by atoms with Crippen LogP contribution in [0.2, 0.25) is 5.02 Å². The van der Waals surface area contributed by atoms with Gasteiger partial charge in [-0.1, -0.05) is 56.6 Å². The smallest absolute Gasteiger partial charge is 0.275 e. The summed E-state index contributed by atoms with van der Waals surface area (Å²) < 4.78 is 13.5. The van der Waals surface area contributed by atoms with E-state index in [-0.39, 0.29) is 17.4 Å². The highest BCUT2D eigenvalue weighted by atomic mass is 35.5. The number of aromatic amines is 1. The maximum absolute atomic E-state index is 13.5. The molecule has 176 valence electrons. The summed E-state index contributed by atoms with van der Waals surface area (Å²) >= 11 is 6.18. The van der Waals surface area contributed by atoms with Crippen molar-refractivity contribution >= 4 is 17.5 Å². The van der Waals surface area contributed by atoms with Crippen LogP contribution in [0.3, 0.4) is 0 Å². The van der Waals surface area contributed by atoms with E-state index in [1.165, 1.54) is 12.1 Å². The molecule has 0 saturated carbocycles. The number of carbonyl (C=O) groups is 1. The standard InChI is InChI=1S/C23H23ClFN3O3.C2H6/c1-2-11-28(23(31)21-22(30)20(29)14-26-27-21)12-10-19(15-6-8-18(25)9-7-15)16-4-3-5-17(24)13-16;1-2/h3-9,13-14,19H,2,10-12H2,1H3,(H,26,30)(H,27,29);1-2H3. The third kappa shape index (κ3) is 6.89. The first-order valence-electron chi connectivity index (χ1n) is 11.0. The van der Waals surface area contributed by atoms with Gasteiger partial charge in [-0.2, -0.15) is 5.10 Å². The molecule has 1 heterocycles. The minimum absolute atomic E-state index is 0.131. The first-order chi connectivity index (χ1) is 15.9. The quantitative estimate of drug-likeness (QED) is 0.460. The Labute approximate surface area is 198 Å². The normalized spacial score (nSPS) is 11.3. The largest absolute Gasteiger partial charge is 0.502 e. The summed E-state index contributed by atoms with van der Waals surface area (Å²) in [6, 6.07) is 13.7. The molecular formula is C25H29ClFN3O3. The molecule has 0 bridgehead atoms. The molecule has 1 unspecified atom stereocenters.